The largest absolute Gasteiger partial charge is 0.374 e. The van der Waals surface area contributed by atoms with E-state index in [2.05, 4.69) is 10.6 Å². The summed E-state index contributed by atoms with van der Waals surface area (Å²) < 4.78 is 5.44. The van der Waals surface area contributed by atoms with Crippen LogP contribution >= 0.6 is 11.3 Å². The van der Waals surface area contributed by atoms with Gasteiger partial charge in [0.15, 0.2) is 0 Å². The number of anilines is 2. The van der Waals surface area contributed by atoms with Crippen molar-refractivity contribution in [3.05, 3.63) is 45.1 Å². The lowest BCUT2D eigenvalue weighted by atomic mass is 9.98. The maximum absolute atomic E-state index is 12.4. The lowest BCUT2D eigenvalue weighted by Gasteiger charge is -2.25. The number of thiophene rings is 1. The molecular weight excluding hydrogens is 390 g/mol. The molecule has 0 saturated heterocycles. The van der Waals surface area contributed by atoms with Crippen molar-refractivity contribution in [3.8, 4) is 0 Å². The van der Waals surface area contributed by atoms with Gasteiger partial charge in [-0.25, -0.2) is 0 Å². The Balaban J connectivity index is 1.39. The van der Waals surface area contributed by atoms with E-state index in [1.54, 1.807) is 18.4 Å². The maximum atomic E-state index is 12.4. The van der Waals surface area contributed by atoms with Gasteiger partial charge in [0.2, 0.25) is 5.91 Å². The Labute approximate surface area is 173 Å². The summed E-state index contributed by atoms with van der Waals surface area (Å²) in [4.78, 5) is 40.6. The van der Waals surface area contributed by atoms with E-state index in [0.29, 0.717) is 25.1 Å². The molecule has 152 valence electrons. The number of nitrogens with zero attached hydrogens (tertiary/aromatic N) is 1. The molecule has 4 rings (SSSR count). The molecule has 29 heavy (non-hydrogen) atoms. The number of methoxy groups -OCH3 is 1. The van der Waals surface area contributed by atoms with Crippen LogP contribution in [0, 0.1) is 6.92 Å². The number of aryl methyl sites for hydroxylation is 2. The van der Waals surface area contributed by atoms with E-state index < -0.39 is 11.8 Å². The highest BCUT2D eigenvalue weighted by Gasteiger charge is 2.31. The third-order valence-corrected chi connectivity index (χ3v) is 6.42. The Kier molecular flexibility index (Phi) is 5.38. The summed E-state index contributed by atoms with van der Waals surface area (Å²) in [6.45, 7) is 2.90. The van der Waals surface area contributed by atoms with E-state index >= 15 is 0 Å². The molecule has 1 aromatic heterocycles. The molecule has 8 heteroatoms. The van der Waals surface area contributed by atoms with E-state index in [9.17, 15) is 14.4 Å². The molecule has 0 saturated carbocycles. The molecule has 0 aliphatic carbocycles. The fraction of sp³-hybridized carbons (Fsp3) is 0.381. The monoisotopic (exact) mass is 413 g/mol. The van der Waals surface area contributed by atoms with Gasteiger partial charge in [-0.3, -0.25) is 14.4 Å². The number of benzene rings is 1. The number of nitrogens with one attached hydrogen (secondary N) is 2. The summed E-state index contributed by atoms with van der Waals surface area (Å²) in [7, 11) is 1.58. The van der Waals surface area contributed by atoms with Gasteiger partial charge in [-0.1, -0.05) is 0 Å². The van der Waals surface area contributed by atoms with Gasteiger partial charge < -0.3 is 20.3 Å². The van der Waals surface area contributed by atoms with Gasteiger partial charge in [0.1, 0.15) is 6.10 Å². The van der Waals surface area contributed by atoms with Gasteiger partial charge in [-0.2, -0.15) is 0 Å². The van der Waals surface area contributed by atoms with Crippen molar-refractivity contribution in [1.29, 1.82) is 0 Å². The number of hydrogen-bond donors (Lipinski definition) is 2. The second-order valence-corrected chi connectivity index (χ2v) is 8.59. The molecule has 0 bridgehead atoms. The molecule has 2 aliphatic heterocycles. The number of rotatable bonds is 5. The van der Waals surface area contributed by atoms with Crippen LogP contribution in [-0.2, 0) is 32.0 Å². The molecule has 3 heterocycles. The number of carbonyl (C=O) groups is 3. The van der Waals surface area contributed by atoms with Gasteiger partial charge in [0, 0.05) is 42.1 Å². The van der Waals surface area contributed by atoms with E-state index in [0.717, 1.165) is 33.0 Å². The first-order valence-electron chi connectivity index (χ1n) is 9.60. The highest BCUT2D eigenvalue weighted by molar-refractivity contribution is 7.12. The van der Waals surface area contributed by atoms with Gasteiger partial charge in [0.05, 0.1) is 5.69 Å². The van der Waals surface area contributed by atoms with Gasteiger partial charge in [-0.05, 0) is 55.2 Å². The normalized spacial score (nSPS) is 15.8. The van der Waals surface area contributed by atoms with Crippen molar-refractivity contribution in [2.45, 2.75) is 32.3 Å². The quantitative estimate of drug-likeness (QED) is 0.737. The molecule has 0 radical (unpaired) electrons. The van der Waals surface area contributed by atoms with Crippen molar-refractivity contribution in [2.75, 3.05) is 30.4 Å². The average Bonchev–Trinajstić information content (AvgIpc) is 3.32. The van der Waals surface area contributed by atoms with Crippen LogP contribution in [-0.4, -0.2) is 37.9 Å². The van der Waals surface area contributed by atoms with Crippen molar-refractivity contribution in [3.63, 3.8) is 0 Å². The zero-order valence-corrected chi connectivity index (χ0v) is 17.2. The lowest BCUT2D eigenvalue weighted by Crippen LogP contribution is -2.38. The SMILES string of the molecule is COC(CNC(=O)C(=O)Nc1cc2c3c(c1)CCN3C(=O)CC2)c1ccc(C)s1. The second-order valence-electron chi connectivity index (χ2n) is 7.28. The molecule has 1 unspecified atom stereocenters. The van der Waals surface area contributed by atoms with E-state index in [1.165, 1.54) is 0 Å². The van der Waals surface area contributed by atoms with Crippen LogP contribution in [0.3, 0.4) is 0 Å². The third-order valence-electron chi connectivity index (χ3n) is 5.33. The van der Waals surface area contributed by atoms with Gasteiger partial charge in [-0.15, -0.1) is 11.3 Å². The van der Waals surface area contributed by atoms with E-state index in [4.69, 9.17) is 4.74 Å². The first-order chi connectivity index (χ1) is 14.0. The molecule has 2 aromatic rings. The zero-order valence-electron chi connectivity index (χ0n) is 16.4. The highest BCUT2D eigenvalue weighted by Crippen LogP contribution is 2.38. The highest BCUT2D eigenvalue weighted by atomic mass is 32.1. The summed E-state index contributed by atoms with van der Waals surface area (Å²) in [6.07, 6.45) is 1.60. The first kappa shape index (κ1) is 19.6. The molecule has 1 aromatic carbocycles. The molecule has 2 N–H and O–H groups in total. The van der Waals surface area contributed by atoms with Crippen LogP contribution in [0.5, 0.6) is 0 Å². The molecule has 7 nitrogen and oxygen atoms in total. The number of amides is 3. The Hall–Kier alpha value is -2.71. The van der Waals surface area contributed by atoms with Crippen molar-refractivity contribution < 1.29 is 19.1 Å². The minimum atomic E-state index is -0.712. The Morgan fingerprint density at radius 2 is 1.93 bits per heavy atom. The predicted molar refractivity (Wildman–Crippen MR) is 111 cm³/mol. The smallest absolute Gasteiger partial charge is 0.313 e. The van der Waals surface area contributed by atoms with Gasteiger partial charge in [0.25, 0.3) is 0 Å². The van der Waals surface area contributed by atoms with Crippen LogP contribution in [0.1, 0.15) is 33.4 Å². The van der Waals surface area contributed by atoms with Crippen LogP contribution in [0.25, 0.3) is 0 Å². The molecule has 3 amide bonds. The summed E-state index contributed by atoms with van der Waals surface area (Å²) in [5, 5.41) is 5.33. The van der Waals surface area contributed by atoms with Crippen molar-refractivity contribution in [2.24, 2.45) is 0 Å². The fourth-order valence-electron chi connectivity index (χ4n) is 3.91. The molecule has 2 aliphatic rings. The van der Waals surface area contributed by atoms with Gasteiger partial charge >= 0.3 is 11.8 Å². The molecule has 0 fully saturated rings. The van der Waals surface area contributed by atoms with Crippen molar-refractivity contribution in [1.82, 2.24) is 5.32 Å². The number of ether oxygens (including phenoxy) is 1. The van der Waals surface area contributed by atoms with Crippen LogP contribution in [0.15, 0.2) is 24.3 Å². The summed E-state index contributed by atoms with van der Waals surface area (Å²) >= 11 is 1.60. The van der Waals surface area contributed by atoms with Crippen molar-refractivity contribution >= 4 is 40.4 Å². The summed E-state index contributed by atoms with van der Waals surface area (Å²) in [5.41, 5.74) is 3.66. The topological polar surface area (TPSA) is 87.7 Å². The standard InChI is InChI=1S/C21H23N3O4S/c1-12-3-5-17(29-12)16(28-2)11-22-20(26)21(27)23-15-9-13-4-6-18(25)24-8-7-14(10-15)19(13)24/h3,5,9-10,16H,4,6-8,11H2,1-2H3,(H,22,26)(H,23,27). The third kappa shape index (κ3) is 3.90. The Morgan fingerprint density at radius 3 is 2.62 bits per heavy atom. The molecule has 0 spiro atoms. The van der Waals surface area contributed by atoms with Crippen LogP contribution < -0.4 is 15.5 Å². The minimum Gasteiger partial charge on any atom is -0.374 e. The maximum Gasteiger partial charge on any atom is 0.313 e. The van der Waals surface area contributed by atoms with Crippen LogP contribution in [0.4, 0.5) is 11.4 Å². The van der Waals surface area contributed by atoms with E-state index in [1.807, 2.05) is 36.1 Å². The lowest BCUT2D eigenvalue weighted by molar-refractivity contribution is -0.136. The zero-order chi connectivity index (χ0) is 20.5. The average molecular weight is 413 g/mol. The Morgan fingerprint density at radius 1 is 1.17 bits per heavy atom. The number of hydrogen-bond acceptors (Lipinski definition) is 5. The molecule has 1 atom stereocenters. The summed E-state index contributed by atoms with van der Waals surface area (Å²) in [5.74, 6) is -1.26. The fourth-order valence-corrected chi connectivity index (χ4v) is 4.87. The molecular formula is C21H23N3O4S. The summed E-state index contributed by atoms with van der Waals surface area (Å²) in [6, 6.07) is 7.68. The minimum absolute atomic E-state index is 0.154. The number of carbonyl (C=O) groups excluding carboxylic acids is 3. The van der Waals surface area contributed by atoms with Crippen LogP contribution in [0.2, 0.25) is 0 Å². The van der Waals surface area contributed by atoms with E-state index in [-0.39, 0.29) is 18.6 Å². The Bertz CT molecular complexity index is 984. The first-order valence-corrected chi connectivity index (χ1v) is 10.4. The predicted octanol–water partition coefficient (Wildman–Crippen LogP) is 2.33. The second kappa shape index (κ2) is 7.96.